The number of benzene rings is 1. The summed E-state index contributed by atoms with van der Waals surface area (Å²) in [4.78, 5) is 68.9. The minimum Gasteiger partial charge on any atom is -0.375 e. The third-order valence-electron chi connectivity index (χ3n) is 9.71. The van der Waals surface area contributed by atoms with Gasteiger partial charge in [-0.05, 0) is 40.6 Å². The molecule has 1 aromatic carbocycles. The first kappa shape index (κ1) is 37.7. The van der Waals surface area contributed by atoms with Crippen LogP contribution in [0.5, 0.6) is 0 Å². The molecule has 3 rings (SSSR count). The van der Waals surface area contributed by atoms with E-state index in [1.165, 1.54) is 6.08 Å². The summed E-state index contributed by atoms with van der Waals surface area (Å²) in [6.07, 6.45) is 1.90. The van der Waals surface area contributed by atoms with E-state index in [9.17, 15) is 24.0 Å². The monoisotopic (exact) mass is 653 g/mol. The number of amides is 5. The summed E-state index contributed by atoms with van der Waals surface area (Å²) in [6.45, 7) is 19.6. The molecule has 2 aliphatic rings. The van der Waals surface area contributed by atoms with Gasteiger partial charge in [0.25, 0.3) is 5.91 Å². The number of urea groups is 1. The molecule has 0 aromatic heterocycles. The van der Waals surface area contributed by atoms with Crippen LogP contribution in [0.2, 0.25) is 0 Å². The molecule has 1 aliphatic heterocycles. The second-order valence-corrected chi connectivity index (χ2v) is 14.9. The summed E-state index contributed by atoms with van der Waals surface area (Å²) in [5, 5.41) is 11.3. The zero-order valence-electron chi connectivity index (χ0n) is 29.5. The van der Waals surface area contributed by atoms with Crippen molar-refractivity contribution < 1.29 is 28.7 Å². The van der Waals surface area contributed by atoms with Crippen molar-refractivity contribution in [2.75, 3.05) is 20.2 Å². The molecule has 11 heteroatoms. The number of rotatable bonds is 15. The number of carbonyl (C=O) groups excluding carboxylic acids is 5. The van der Waals surface area contributed by atoms with E-state index in [4.69, 9.17) is 4.74 Å². The van der Waals surface area contributed by atoms with E-state index in [-0.39, 0.29) is 42.0 Å². The van der Waals surface area contributed by atoms with Gasteiger partial charge >= 0.3 is 6.03 Å². The van der Waals surface area contributed by atoms with Crippen LogP contribution in [-0.4, -0.2) is 78.8 Å². The van der Waals surface area contributed by atoms with Gasteiger partial charge in [0.15, 0.2) is 0 Å². The number of fused-ring (bicyclic) bond motifs is 1. The molecule has 1 saturated carbocycles. The van der Waals surface area contributed by atoms with Gasteiger partial charge in [-0.25, -0.2) is 4.79 Å². The smallest absolute Gasteiger partial charge is 0.315 e. The molecule has 1 aromatic rings. The average Bonchev–Trinajstić information content (AvgIpc) is 3.32. The zero-order chi connectivity index (χ0) is 35.3. The first-order valence-electron chi connectivity index (χ1n) is 16.7. The maximum absolute atomic E-state index is 14.4. The number of methoxy groups -OCH3 is 1. The van der Waals surface area contributed by atoms with Crippen LogP contribution in [0.4, 0.5) is 4.79 Å². The van der Waals surface area contributed by atoms with Gasteiger partial charge in [-0.2, -0.15) is 0 Å². The van der Waals surface area contributed by atoms with Crippen molar-refractivity contribution in [1.82, 2.24) is 26.2 Å². The van der Waals surface area contributed by atoms with E-state index in [0.717, 1.165) is 5.56 Å². The van der Waals surface area contributed by atoms with E-state index in [0.29, 0.717) is 13.0 Å². The number of Topliss-reactive ketones (excluding diaryl/α,β-unsaturated/α-hetero) is 1. The highest BCUT2D eigenvalue weighted by Gasteiger charge is 2.70. The predicted octanol–water partition coefficient (Wildman–Crippen LogP) is 3.75. The van der Waals surface area contributed by atoms with E-state index in [1.54, 1.807) is 12.0 Å². The van der Waals surface area contributed by atoms with Crippen molar-refractivity contribution in [2.24, 2.45) is 28.6 Å². The number of carbonyl (C=O) groups is 5. The number of hydrogen-bond donors (Lipinski definition) is 4. The second-order valence-electron chi connectivity index (χ2n) is 14.9. The summed E-state index contributed by atoms with van der Waals surface area (Å²) < 4.78 is 5.82. The average molecular weight is 654 g/mol. The molecule has 1 aliphatic carbocycles. The molecule has 0 spiro atoms. The molecule has 2 fully saturated rings. The zero-order valence-corrected chi connectivity index (χ0v) is 29.5. The first-order valence-corrected chi connectivity index (χ1v) is 16.7. The van der Waals surface area contributed by atoms with Crippen LogP contribution in [-0.2, 0) is 23.9 Å². The van der Waals surface area contributed by atoms with Crippen molar-refractivity contribution in [2.45, 2.75) is 98.5 Å². The molecule has 5 amide bonds. The Balaban J connectivity index is 1.84. The molecule has 1 saturated heterocycles. The molecule has 1 heterocycles. The first-order chi connectivity index (χ1) is 22.0. The Hall–Kier alpha value is -3.73. The Morgan fingerprint density at radius 3 is 2.23 bits per heavy atom. The van der Waals surface area contributed by atoms with Gasteiger partial charge < -0.3 is 30.9 Å². The van der Waals surface area contributed by atoms with Gasteiger partial charge in [-0.3, -0.25) is 19.2 Å². The SMILES string of the molecule is C=CCNC(=O)C(=O)C(CCC)NC(=O)[C@@H]1[C@@H]2[C@H](CN1C(=O)[C@@H](NC(=O)N[C@@H](C(C)C)[C@H](OC)c1ccccc1)C(C)(C)C)C2(C)C. The number of ketones is 1. The van der Waals surface area contributed by atoms with Gasteiger partial charge in [0.05, 0.1) is 12.1 Å². The highest BCUT2D eigenvalue weighted by molar-refractivity contribution is 6.38. The molecular weight excluding hydrogens is 598 g/mol. The fourth-order valence-electron chi connectivity index (χ4n) is 6.90. The Kier molecular flexibility index (Phi) is 12.4. The van der Waals surface area contributed by atoms with Crippen molar-refractivity contribution in [3.8, 4) is 0 Å². The summed E-state index contributed by atoms with van der Waals surface area (Å²) >= 11 is 0. The van der Waals surface area contributed by atoms with E-state index < -0.39 is 59.3 Å². The Bertz CT molecular complexity index is 1310. The van der Waals surface area contributed by atoms with Gasteiger partial charge in [0.2, 0.25) is 17.6 Å². The topological polar surface area (TPSA) is 146 Å². The Morgan fingerprint density at radius 1 is 1.06 bits per heavy atom. The maximum Gasteiger partial charge on any atom is 0.315 e. The second kappa shape index (κ2) is 15.4. The minimum atomic E-state index is -1.02. The van der Waals surface area contributed by atoms with Crippen LogP contribution in [0, 0.1) is 28.6 Å². The van der Waals surface area contributed by atoms with Crippen LogP contribution in [0.25, 0.3) is 0 Å². The molecule has 4 N–H and O–H groups in total. The van der Waals surface area contributed by atoms with E-state index >= 15 is 0 Å². The fraction of sp³-hybridized carbons (Fsp3) is 0.639. The molecule has 260 valence electrons. The Labute approximate surface area is 280 Å². The number of nitrogens with zero attached hydrogens (tertiary/aromatic N) is 1. The van der Waals surface area contributed by atoms with Gasteiger partial charge in [0.1, 0.15) is 18.2 Å². The number of piperidine rings is 1. The highest BCUT2D eigenvalue weighted by atomic mass is 16.5. The van der Waals surface area contributed by atoms with Gasteiger partial charge in [0, 0.05) is 20.2 Å². The maximum atomic E-state index is 14.4. The highest BCUT2D eigenvalue weighted by Crippen LogP contribution is 2.65. The molecule has 0 bridgehead atoms. The molecule has 11 nitrogen and oxygen atoms in total. The standard InChI is InChI=1S/C36H55N5O6/c1-11-16-24(28(42)32(44)37-19-12-2)38-31(43)27-25-23(36(25,8)9)20-41(27)33(45)30(35(5,6)7)40-34(46)39-26(21(3)4)29(47-10)22-17-14-13-15-18-22/h12-15,17-18,21,23-27,29-30H,2,11,16,19-20H2,1,3-10H3,(H,37,44)(H,38,43)(H2,39,40,46)/t23-,24?,25-,26-,27-,29+,30+/m0/s1. The van der Waals surface area contributed by atoms with Crippen molar-refractivity contribution in [3.63, 3.8) is 0 Å². The predicted molar refractivity (Wildman–Crippen MR) is 181 cm³/mol. The number of hydrogen-bond acceptors (Lipinski definition) is 6. The van der Waals surface area contributed by atoms with E-state index in [1.807, 2.05) is 71.9 Å². The number of likely N-dealkylation sites (tertiary alicyclic amines) is 1. The third kappa shape index (κ3) is 8.60. The normalized spacial score (nSPS) is 22.3. The Morgan fingerprint density at radius 2 is 1.70 bits per heavy atom. The van der Waals surface area contributed by atoms with Gasteiger partial charge in [-0.15, -0.1) is 6.58 Å². The van der Waals surface area contributed by atoms with Gasteiger partial charge in [-0.1, -0.05) is 98.2 Å². The molecular formula is C36H55N5O6. The third-order valence-corrected chi connectivity index (χ3v) is 9.71. The van der Waals surface area contributed by atoms with Crippen LogP contribution in [0.15, 0.2) is 43.0 Å². The lowest BCUT2D eigenvalue weighted by atomic mass is 9.85. The summed E-state index contributed by atoms with van der Waals surface area (Å²) in [7, 11) is 1.60. The lowest BCUT2D eigenvalue weighted by Gasteiger charge is -2.38. The lowest BCUT2D eigenvalue weighted by Crippen LogP contribution is -2.62. The van der Waals surface area contributed by atoms with Crippen LogP contribution in [0.3, 0.4) is 0 Å². The van der Waals surface area contributed by atoms with E-state index in [2.05, 4.69) is 41.7 Å². The molecule has 7 atom stereocenters. The molecule has 47 heavy (non-hydrogen) atoms. The number of ether oxygens (including phenoxy) is 1. The summed E-state index contributed by atoms with van der Waals surface area (Å²) in [5.74, 6) is -2.39. The van der Waals surface area contributed by atoms with Crippen molar-refractivity contribution in [3.05, 3.63) is 48.6 Å². The van der Waals surface area contributed by atoms with Crippen LogP contribution in [0.1, 0.15) is 79.9 Å². The quantitative estimate of drug-likeness (QED) is 0.168. The van der Waals surface area contributed by atoms with Crippen molar-refractivity contribution in [1.29, 1.82) is 0 Å². The van der Waals surface area contributed by atoms with Crippen LogP contribution >= 0.6 is 0 Å². The summed E-state index contributed by atoms with van der Waals surface area (Å²) in [6, 6.07) is 5.91. The van der Waals surface area contributed by atoms with Crippen molar-refractivity contribution >= 4 is 29.5 Å². The van der Waals surface area contributed by atoms with Crippen LogP contribution < -0.4 is 21.3 Å². The lowest BCUT2D eigenvalue weighted by molar-refractivity contribution is -0.145. The molecule has 1 unspecified atom stereocenters. The fourth-order valence-corrected chi connectivity index (χ4v) is 6.90. The molecule has 0 radical (unpaired) electrons. The summed E-state index contributed by atoms with van der Waals surface area (Å²) in [5.41, 5.74) is 0.0433. The number of nitrogens with one attached hydrogen (secondary N) is 4. The largest absolute Gasteiger partial charge is 0.375 e. The minimum absolute atomic E-state index is 0.00771.